The molecule has 2 aromatic rings. The fourth-order valence-corrected chi connectivity index (χ4v) is 6.44. The van der Waals surface area contributed by atoms with Gasteiger partial charge >= 0.3 is 0 Å². The first-order valence-electron chi connectivity index (χ1n) is 11.9. The van der Waals surface area contributed by atoms with Gasteiger partial charge in [-0.15, -0.1) is 11.8 Å². The highest BCUT2D eigenvalue weighted by Gasteiger charge is 2.57. The maximum Gasteiger partial charge on any atom is 0.256 e. The molecule has 0 aliphatic carbocycles. The summed E-state index contributed by atoms with van der Waals surface area (Å²) >= 11 is 1.63. The number of nitrogens with one attached hydrogen (secondary N) is 2. The van der Waals surface area contributed by atoms with E-state index in [2.05, 4.69) is 10.6 Å². The van der Waals surface area contributed by atoms with Gasteiger partial charge in [0.2, 0.25) is 11.8 Å². The van der Waals surface area contributed by atoms with Gasteiger partial charge in [-0.3, -0.25) is 14.4 Å². The van der Waals surface area contributed by atoms with Gasteiger partial charge in [-0.1, -0.05) is 62.4 Å². The van der Waals surface area contributed by atoms with Crippen LogP contribution in [-0.4, -0.2) is 46.0 Å². The van der Waals surface area contributed by atoms with Crippen LogP contribution in [0.2, 0.25) is 0 Å². The summed E-state index contributed by atoms with van der Waals surface area (Å²) in [5.74, 6) is -0.354. The number of carbonyl (C=O) groups excluding carboxylic acids is 3. The molecule has 34 heavy (non-hydrogen) atoms. The van der Waals surface area contributed by atoms with E-state index >= 15 is 0 Å². The molecule has 2 aliphatic heterocycles. The molecular formula is C27H33N3O3S. The molecule has 1 fully saturated rings. The van der Waals surface area contributed by atoms with Crippen LogP contribution in [0.5, 0.6) is 0 Å². The Morgan fingerprint density at radius 1 is 1.06 bits per heavy atom. The van der Waals surface area contributed by atoms with Crippen LogP contribution in [-0.2, 0) is 16.0 Å². The Morgan fingerprint density at radius 2 is 1.74 bits per heavy atom. The number of nitrogens with zero attached hydrogens (tertiary/aromatic N) is 1. The van der Waals surface area contributed by atoms with Gasteiger partial charge in [-0.2, -0.15) is 0 Å². The third-order valence-electron chi connectivity index (χ3n) is 6.44. The molecule has 1 saturated heterocycles. The van der Waals surface area contributed by atoms with Gasteiger partial charge in [0.1, 0.15) is 17.5 Å². The monoisotopic (exact) mass is 479 g/mol. The number of hydrogen-bond donors (Lipinski definition) is 2. The summed E-state index contributed by atoms with van der Waals surface area (Å²) in [6.07, 6.45) is 1.25. The van der Waals surface area contributed by atoms with Crippen LogP contribution in [0, 0.1) is 5.92 Å². The first-order chi connectivity index (χ1) is 16.2. The lowest BCUT2D eigenvalue weighted by Crippen LogP contribution is -2.57. The Morgan fingerprint density at radius 3 is 2.44 bits per heavy atom. The third-order valence-corrected chi connectivity index (χ3v) is 7.98. The zero-order valence-corrected chi connectivity index (χ0v) is 21.0. The van der Waals surface area contributed by atoms with Gasteiger partial charge < -0.3 is 15.5 Å². The third kappa shape index (κ3) is 4.85. The zero-order chi connectivity index (χ0) is 24.5. The molecule has 2 N–H and O–H groups in total. The summed E-state index contributed by atoms with van der Waals surface area (Å²) in [6, 6.07) is 16.2. The van der Waals surface area contributed by atoms with E-state index in [-0.39, 0.29) is 29.0 Å². The van der Waals surface area contributed by atoms with Gasteiger partial charge in [0.15, 0.2) is 0 Å². The van der Waals surface area contributed by atoms with Crippen LogP contribution < -0.4 is 10.6 Å². The van der Waals surface area contributed by atoms with Crippen molar-refractivity contribution in [1.29, 1.82) is 0 Å². The van der Waals surface area contributed by atoms with Gasteiger partial charge in [0, 0.05) is 16.9 Å². The first-order valence-corrected chi connectivity index (χ1v) is 12.8. The normalized spacial score (nSPS) is 21.2. The summed E-state index contributed by atoms with van der Waals surface area (Å²) in [5, 5.41) is 5.80. The summed E-state index contributed by atoms with van der Waals surface area (Å²) in [4.78, 5) is 41.5. The maximum atomic E-state index is 13.6. The minimum Gasteiger partial charge on any atom is -0.354 e. The molecule has 0 aromatic heterocycles. The molecule has 2 aliphatic rings. The van der Waals surface area contributed by atoms with Crippen LogP contribution in [0.4, 0.5) is 0 Å². The first kappa shape index (κ1) is 24.3. The lowest BCUT2D eigenvalue weighted by atomic mass is 9.98. The lowest BCUT2D eigenvalue weighted by molar-refractivity contribution is -0.132. The molecule has 0 radical (unpaired) electrons. The number of hydrogen-bond acceptors (Lipinski definition) is 4. The second-order valence-corrected chi connectivity index (χ2v) is 11.7. The fourth-order valence-electron chi connectivity index (χ4n) is 4.86. The van der Waals surface area contributed by atoms with Crippen molar-refractivity contribution >= 4 is 29.5 Å². The van der Waals surface area contributed by atoms with Crippen LogP contribution in [0.1, 0.15) is 61.0 Å². The van der Waals surface area contributed by atoms with Crippen LogP contribution >= 0.6 is 11.8 Å². The van der Waals surface area contributed by atoms with Gasteiger partial charge in [-0.25, -0.2) is 0 Å². The molecule has 0 spiro atoms. The molecule has 1 unspecified atom stereocenters. The van der Waals surface area contributed by atoms with E-state index in [0.29, 0.717) is 18.5 Å². The maximum absolute atomic E-state index is 13.6. The molecule has 0 bridgehead atoms. The van der Waals surface area contributed by atoms with Crippen molar-refractivity contribution in [3.8, 4) is 0 Å². The Bertz CT molecular complexity index is 1070. The molecule has 180 valence electrons. The summed E-state index contributed by atoms with van der Waals surface area (Å²) in [7, 11) is 0. The van der Waals surface area contributed by atoms with Crippen molar-refractivity contribution in [3.63, 3.8) is 0 Å². The molecule has 2 aromatic carbocycles. The highest BCUT2D eigenvalue weighted by molar-refractivity contribution is 8.01. The van der Waals surface area contributed by atoms with E-state index in [1.54, 1.807) is 16.7 Å². The number of amides is 3. The van der Waals surface area contributed by atoms with Crippen molar-refractivity contribution in [2.24, 2.45) is 5.92 Å². The highest BCUT2D eigenvalue weighted by atomic mass is 32.2. The van der Waals surface area contributed by atoms with Gasteiger partial charge in [0.25, 0.3) is 5.91 Å². The highest BCUT2D eigenvalue weighted by Crippen LogP contribution is 2.56. The lowest BCUT2D eigenvalue weighted by Gasteiger charge is -2.31. The summed E-state index contributed by atoms with van der Waals surface area (Å²) < 4.78 is -0.482. The average molecular weight is 480 g/mol. The molecule has 7 heteroatoms. The number of thioether (sulfide) groups is 1. The average Bonchev–Trinajstić information content (AvgIpc) is 3.22. The molecule has 4 rings (SSSR count). The summed E-state index contributed by atoms with van der Waals surface area (Å²) in [5.41, 5.74) is 2.76. The van der Waals surface area contributed by atoms with Crippen molar-refractivity contribution in [2.75, 3.05) is 6.54 Å². The second-order valence-electron chi connectivity index (χ2n) is 9.99. The fraction of sp³-hybridized carbons (Fsp3) is 0.444. The largest absolute Gasteiger partial charge is 0.354 e. The minimum atomic E-state index is -0.658. The van der Waals surface area contributed by atoms with Crippen LogP contribution in [0.3, 0.4) is 0 Å². The molecule has 0 saturated carbocycles. The predicted molar refractivity (Wildman–Crippen MR) is 135 cm³/mol. The van der Waals surface area contributed by atoms with Crippen LogP contribution in [0.25, 0.3) is 0 Å². The Balaban J connectivity index is 1.46. The zero-order valence-electron chi connectivity index (χ0n) is 20.2. The van der Waals surface area contributed by atoms with E-state index in [9.17, 15) is 14.4 Å². The van der Waals surface area contributed by atoms with E-state index in [1.807, 2.05) is 82.3 Å². The number of fused-ring (bicyclic) bond motifs is 3. The smallest absolute Gasteiger partial charge is 0.256 e. The van der Waals surface area contributed by atoms with Gasteiger partial charge in [-0.05, 0) is 49.8 Å². The van der Waals surface area contributed by atoms with Crippen molar-refractivity contribution in [2.45, 2.75) is 62.7 Å². The Kier molecular flexibility index (Phi) is 7.03. The SMILES string of the molecule is CC(C)C[C@H](NC(=O)[C@H]1N2C(=O)c3ccccc3C2SC1(C)C)C(=O)NCCc1ccccc1. The summed E-state index contributed by atoms with van der Waals surface area (Å²) in [6.45, 7) is 8.55. The van der Waals surface area contributed by atoms with E-state index in [0.717, 1.165) is 17.5 Å². The Hall–Kier alpha value is -2.80. The topological polar surface area (TPSA) is 78.5 Å². The van der Waals surface area contributed by atoms with Crippen molar-refractivity contribution in [3.05, 3.63) is 71.3 Å². The molecule has 6 nitrogen and oxygen atoms in total. The molecular weight excluding hydrogens is 446 g/mol. The van der Waals surface area contributed by atoms with Crippen molar-refractivity contribution < 1.29 is 14.4 Å². The van der Waals surface area contributed by atoms with E-state index < -0.39 is 16.8 Å². The number of carbonyl (C=O) groups is 3. The van der Waals surface area contributed by atoms with E-state index in [4.69, 9.17) is 0 Å². The standard InChI is InChI=1S/C27H33N3O3S/c1-17(2)16-21(23(31)28-15-14-18-10-6-5-7-11-18)29-24(32)22-27(3,4)34-26-20-13-9-8-12-19(20)25(33)30(22)26/h5-13,17,21-22,26H,14-16H2,1-4H3,(H,28,31)(H,29,32)/t21-,22+,26?/m0/s1. The van der Waals surface area contributed by atoms with Crippen LogP contribution in [0.15, 0.2) is 54.6 Å². The number of benzene rings is 2. The number of rotatable bonds is 8. The molecule has 3 amide bonds. The second kappa shape index (κ2) is 9.82. The minimum absolute atomic E-state index is 0.119. The van der Waals surface area contributed by atoms with Gasteiger partial charge in [0.05, 0.1) is 0 Å². The molecule has 3 atom stereocenters. The predicted octanol–water partition coefficient (Wildman–Crippen LogP) is 3.92. The molecule has 2 heterocycles. The van der Waals surface area contributed by atoms with Crippen molar-refractivity contribution in [1.82, 2.24) is 15.5 Å². The van der Waals surface area contributed by atoms with E-state index in [1.165, 1.54) is 0 Å². The quantitative estimate of drug-likeness (QED) is 0.602. The Labute approximate surface area is 205 Å².